The van der Waals surface area contributed by atoms with Gasteiger partial charge in [0.05, 0.1) is 6.04 Å². The Morgan fingerprint density at radius 1 is 1.15 bits per heavy atom. The van der Waals surface area contributed by atoms with Crippen molar-refractivity contribution in [2.24, 2.45) is 0 Å². The highest BCUT2D eigenvalue weighted by atomic mass is 16.8. The van der Waals surface area contributed by atoms with E-state index in [1.54, 1.807) is 0 Å². The summed E-state index contributed by atoms with van der Waals surface area (Å²) in [5.74, 6) is -0.632. The zero-order valence-electron chi connectivity index (χ0n) is 12.0. The molecule has 0 amide bonds. The first-order chi connectivity index (χ1) is 9.61. The molecule has 2 saturated heterocycles. The second-order valence-electron chi connectivity index (χ2n) is 5.51. The molecule has 1 N–H and O–H groups in total. The maximum atomic E-state index is 6.05. The van der Waals surface area contributed by atoms with Crippen LogP contribution < -0.4 is 5.48 Å². The van der Waals surface area contributed by atoms with Gasteiger partial charge in [-0.2, -0.15) is 5.48 Å². The van der Waals surface area contributed by atoms with Crippen LogP contribution >= 0.6 is 0 Å². The van der Waals surface area contributed by atoms with Crippen LogP contribution in [0.1, 0.15) is 32.4 Å². The fourth-order valence-electron chi connectivity index (χ4n) is 2.77. The number of nitrogens with one attached hydrogen (secondary N) is 1. The summed E-state index contributed by atoms with van der Waals surface area (Å²) in [6.07, 6.45) is -0.833. The van der Waals surface area contributed by atoms with E-state index in [-0.39, 0.29) is 18.2 Å². The summed E-state index contributed by atoms with van der Waals surface area (Å²) < 4.78 is 17.6. The molecule has 2 aliphatic rings. The lowest BCUT2D eigenvalue weighted by Gasteiger charge is -2.37. The first kappa shape index (κ1) is 14.0. The van der Waals surface area contributed by atoms with Gasteiger partial charge in [-0.1, -0.05) is 30.3 Å². The van der Waals surface area contributed by atoms with Gasteiger partial charge >= 0.3 is 0 Å². The van der Waals surface area contributed by atoms with Crippen LogP contribution in [0.5, 0.6) is 0 Å². The smallest absolute Gasteiger partial charge is 0.206 e. The minimum absolute atomic E-state index is 0.0697. The van der Waals surface area contributed by atoms with Gasteiger partial charge < -0.3 is 14.2 Å². The molecule has 1 aromatic carbocycles. The van der Waals surface area contributed by atoms with E-state index in [4.69, 9.17) is 19.0 Å². The quantitative estimate of drug-likeness (QED) is 0.918. The number of benzene rings is 1. The van der Waals surface area contributed by atoms with Gasteiger partial charge in [0.1, 0.15) is 12.2 Å². The molecule has 1 aromatic rings. The minimum Gasteiger partial charge on any atom is -0.349 e. The lowest BCUT2D eigenvalue weighted by atomic mass is 9.97. The van der Waals surface area contributed by atoms with Crippen LogP contribution in [0.3, 0.4) is 0 Å². The molecule has 0 radical (unpaired) electrons. The third kappa shape index (κ3) is 2.60. The van der Waals surface area contributed by atoms with Crippen LogP contribution in [0.15, 0.2) is 30.3 Å². The first-order valence-electron chi connectivity index (χ1n) is 7.04. The maximum Gasteiger partial charge on any atom is 0.206 e. The zero-order valence-corrected chi connectivity index (χ0v) is 12.0. The first-order valence-corrected chi connectivity index (χ1v) is 7.04. The molecule has 20 heavy (non-hydrogen) atoms. The van der Waals surface area contributed by atoms with Crippen LogP contribution in [-0.2, 0) is 19.0 Å². The summed E-state index contributed by atoms with van der Waals surface area (Å²) in [5, 5.41) is 0. The molecule has 0 aliphatic carbocycles. The highest BCUT2D eigenvalue weighted by Gasteiger charge is 2.52. The van der Waals surface area contributed by atoms with Gasteiger partial charge in [-0.05, 0) is 26.3 Å². The Labute approximate surface area is 119 Å². The van der Waals surface area contributed by atoms with Crippen molar-refractivity contribution in [1.82, 2.24) is 5.48 Å². The van der Waals surface area contributed by atoms with E-state index in [0.29, 0.717) is 6.61 Å². The zero-order chi connectivity index (χ0) is 14.2. The number of hydrogen-bond donors (Lipinski definition) is 1. The molecule has 0 spiro atoms. The average Bonchev–Trinajstić information content (AvgIpc) is 2.76. The molecule has 0 unspecified atom stereocenters. The molecular formula is C15H21NO4. The van der Waals surface area contributed by atoms with Crippen LogP contribution in [0.2, 0.25) is 0 Å². The number of rotatable bonds is 3. The van der Waals surface area contributed by atoms with Crippen molar-refractivity contribution in [3.8, 4) is 0 Å². The Morgan fingerprint density at radius 2 is 1.85 bits per heavy atom. The molecule has 0 bridgehead atoms. The molecular weight excluding hydrogens is 258 g/mol. The largest absolute Gasteiger partial charge is 0.349 e. The van der Waals surface area contributed by atoms with Crippen molar-refractivity contribution < 1.29 is 19.0 Å². The molecule has 0 aromatic heterocycles. The van der Waals surface area contributed by atoms with Crippen LogP contribution in [0, 0.1) is 0 Å². The van der Waals surface area contributed by atoms with Gasteiger partial charge in [0, 0.05) is 6.61 Å². The van der Waals surface area contributed by atoms with Gasteiger partial charge in [0.15, 0.2) is 5.79 Å². The van der Waals surface area contributed by atoms with Gasteiger partial charge in [0.25, 0.3) is 0 Å². The van der Waals surface area contributed by atoms with E-state index in [9.17, 15) is 0 Å². The molecule has 3 rings (SSSR count). The van der Waals surface area contributed by atoms with Gasteiger partial charge in [0.2, 0.25) is 6.29 Å². The SMILES string of the molecule is CCO[C@H]1ON[C@@H](c2ccccc2)[C@@H]2OC(C)(C)O[C@H]12. The number of fused-ring (bicyclic) bond motifs is 1. The molecule has 110 valence electrons. The van der Waals surface area contributed by atoms with Crippen molar-refractivity contribution in [1.29, 1.82) is 0 Å². The molecule has 5 heteroatoms. The number of ether oxygens (including phenoxy) is 3. The minimum atomic E-state index is -0.632. The fourth-order valence-corrected chi connectivity index (χ4v) is 2.77. The van der Waals surface area contributed by atoms with Crippen molar-refractivity contribution in [2.75, 3.05) is 6.61 Å². The molecule has 0 saturated carbocycles. The van der Waals surface area contributed by atoms with Crippen molar-refractivity contribution in [2.45, 2.75) is 51.1 Å². The van der Waals surface area contributed by atoms with Crippen molar-refractivity contribution in [3.63, 3.8) is 0 Å². The van der Waals surface area contributed by atoms with Crippen molar-refractivity contribution >= 4 is 0 Å². The Hall–Kier alpha value is -0.980. The molecule has 5 nitrogen and oxygen atoms in total. The average molecular weight is 279 g/mol. The predicted molar refractivity (Wildman–Crippen MR) is 72.6 cm³/mol. The molecule has 2 aliphatic heterocycles. The summed E-state index contributed by atoms with van der Waals surface area (Å²) in [5.41, 5.74) is 4.16. The summed E-state index contributed by atoms with van der Waals surface area (Å²) in [4.78, 5) is 5.62. The van der Waals surface area contributed by atoms with E-state index in [0.717, 1.165) is 5.56 Å². The monoisotopic (exact) mass is 279 g/mol. The summed E-state index contributed by atoms with van der Waals surface area (Å²) in [6, 6.07) is 10.0. The van der Waals surface area contributed by atoms with Gasteiger partial charge in [-0.25, -0.2) is 0 Å². The number of hydroxylamine groups is 1. The lowest BCUT2D eigenvalue weighted by Crippen LogP contribution is -2.53. The summed E-state index contributed by atoms with van der Waals surface area (Å²) in [7, 11) is 0. The summed E-state index contributed by atoms with van der Waals surface area (Å²) in [6.45, 7) is 6.32. The topological polar surface area (TPSA) is 49.0 Å². The predicted octanol–water partition coefficient (Wildman–Crippen LogP) is 2.15. The highest BCUT2D eigenvalue weighted by molar-refractivity contribution is 5.21. The molecule has 2 heterocycles. The lowest BCUT2D eigenvalue weighted by molar-refractivity contribution is -0.265. The molecule has 2 fully saturated rings. The van der Waals surface area contributed by atoms with E-state index in [1.165, 1.54) is 0 Å². The third-order valence-corrected chi connectivity index (χ3v) is 3.56. The van der Waals surface area contributed by atoms with E-state index in [2.05, 4.69) is 5.48 Å². The van der Waals surface area contributed by atoms with Crippen molar-refractivity contribution in [3.05, 3.63) is 35.9 Å². The Morgan fingerprint density at radius 3 is 2.55 bits per heavy atom. The summed E-state index contributed by atoms with van der Waals surface area (Å²) >= 11 is 0. The van der Waals surface area contributed by atoms with E-state index < -0.39 is 12.1 Å². The molecule has 4 atom stereocenters. The fraction of sp³-hybridized carbons (Fsp3) is 0.600. The number of hydrogen-bond acceptors (Lipinski definition) is 5. The Balaban J connectivity index is 1.85. The third-order valence-electron chi connectivity index (χ3n) is 3.56. The highest BCUT2D eigenvalue weighted by Crippen LogP contribution is 2.40. The van der Waals surface area contributed by atoms with E-state index >= 15 is 0 Å². The van der Waals surface area contributed by atoms with Crippen LogP contribution in [-0.4, -0.2) is 30.9 Å². The van der Waals surface area contributed by atoms with Crippen LogP contribution in [0.25, 0.3) is 0 Å². The van der Waals surface area contributed by atoms with Gasteiger partial charge in [-0.15, -0.1) is 0 Å². The second-order valence-corrected chi connectivity index (χ2v) is 5.51. The van der Waals surface area contributed by atoms with Crippen LogP contribution in [0.4, 0.5) is 0 Å². The Bertz CT molecular complexity index is 450. The normalized spacial score (nSPS) is 35.8. The standard InChI is InChI=1S/C15H21NO4/c1-4-17-14-13-12(18-15(2,3)19-13)11(16-20-14)10-8-6-5-7-9-10/h5-9,11-14,16H,4H2,1-3H3/t11-,12-,13-,14-/m0/s1. The Kier molecular flexibility index (Phi) is 3.79. The van der Waals surface area contributed by atoms with E-state index in [1.807, 2.05) is 51.1 Å². The maximum absolute atomic E-state index is 6.05. The van der Waals surface area contributed by atoms with Gasteiger partial charge in [-0.3, -0.25) is 4.84 Å². The second kappa shape index (κ2) is 5.42.